The third-order valence-corrected chi connectivity index (χ3v) is 11.2. The van der Waals surface area contributed by atoms with E-state index in [-0.39, 0.29) is 11.5 Å². The van der Waals surface area contributed by atoms with Crippen LogP contribution in [-0.4, -0.2) is 44.5 Å². The summed E-state index contributed by atoms with van der Waals surface area (Å²) in [6.07, 6.45) is 13.4. The van der Waals surface area contributed by atoms with Crippen LogP contribution >= 0.6 is 11.3 Å². The molecule has 4 rings (SSSR count). The van der Waals surface area contributed by atoms with Gasteiger partial charge in [-0.2, -0.15) is 9.94 Å². The second kappa shape index (κ2) is 19.1. The fourth-order valence-electron chi connectivity index (χ4n) is 6.92. The first-order valence-corrected chi connectivity index (χ1v) is 20.1. The van der Waals surface area contributed by atoms with Crippen molar-refractivity contribution in [1.82, 2.24) is 19.7 Å². The number of aryl methyl sites for hydroxylation is 1. The van der Waals surface area contributed by atoms with Crippen LogP contribution in [0.15, 0.2) is 40.4 Å². The van der Waals surface area contributed by atoms with E-state index in [0.29, 0.717) is 34.8 Å². The predicted molar refractivity (Wildman–Crippen MR) is 209 cm³/mol. The van der Waals surface area contributed by atoms with E-state index >= 15 is 0 Å². The lowest BCUT2D eigenvalue weighted by molar-refractivity contribution is 0.0941. The summed E-state index contributed by atoms with van der Waals surface area (Å²) >= 11 is 1.61. The van der Waals surface area contributed by atoms with E-state index in [4.69, 9.17) is 20.1 Å². The average Bonchev–Trinajstić information content (AvgIpc) is 3.75. The number of anilines is 1. The molecule has 3 heterocycles. The molecule has 0 N–H and O–H groups in total. The van der Waals surface area contributed by atoms with Gasteiger partial charge in [-0.1, -0.05) is 134 Å². The Hall–Kier alpha value is -3.64. The Kier molecular flexibility index (Phi) is 15.0. The van der Waals surface area contributed by atoms with Crippen LogP contribution in [0.3, 0.4) is 0 Å². The molecule has 0 saturated heterocycles. The summed E-state index contributed by atoms with van der Waals surface area (Å²) in [7, 11) is 0. The summed E-state index contributed by atoms with van der Waals surface area (Å²) in [4.78, 5) is 31.7. The lowest BCUT2D eigenvalue weighted by atomic mass is 9.96. The first-order valence-electron chi connectivity index (χ1n) is 19.3. The number of allylic oxidation sites excluding steroid dienone is 2. The molecule has 1 aliphatic heterocycles. The van der Waals surface area contributed by atoms with Crippen molar-refractivity contribution in [3.63, 3.8) is 0 Å². The number of thiazole rings is 1. The minimum absolute atomic E-state index is 0.0573. The molecule has 2 aromatic heterocycles. The number of hydrogen-bond acceptors (Lipinski definition) is 8. The van der Waals surface area contributed by atoms with E-state index < -0.39 is 5.91 Å². The molecule has 2 unspecified atom stereocenters. The topological polar surface area (TPSA) is 100 Å². The molecule has 0 fully saturated rings. The van der Waals surface area contributed by atoms with Crippen LogP contribution in [0.4, 0.5) is 10.1 Å². The molecule has 0 radical (unpaired) electrons. The van der Waals surface area contributed by atoms with Gasteiger partial charge in [0.25, 0.3) is 5.91 Å². The molecule has 8 nitrogen and oxygen atoms in total. The molecule has 0 amide bonds. The zero-order valence-electron chi connectivity index (χ0n) is 31.9. The lowest BCUT2D eigenvalue weighted by Crippen LogP contribution is -2.34. The van der Waals surface area contributed by atoms with Crippen LogP contribution in [0.25, 0.3) is 11.3 Å². The lowest BCUT2D eigenvalue weighted by Gasteiger charge is -2.30. The van der Waals surface area contributed by atoms with Gasteiger partial charge in [0.05, 0.1) is 0 Å². The number of benzene rings is 1. The molecule has 3 aromatic rings. The Morgan fingerprint density at radius 2 is 1.46 bits per heavy atom. The summed E-state index contributed by atoms with van der Waals surface area (Å²) in [5.41, 5.74) is 4.10. The molecule has 1 aliphatic rings. The van der Waals surface area contributed by atoms with Crippen molar-refractivity contribution in [2.24, 2.45) is 16.8 Å². The van der Waals surface area contributed by atoms with Gasteiger partial charge in [0.15, 0.2) is 16.8 Å². The standard InChI is InChI=1S/C41H59N7OS/c1-9-15-19-30(13-5)26-47(27-31(14-6)20-16-10-2)41-44-36(32-23-21-28(7)22-24-32)39(50-41)43-35-29(8)34(25-42)40(49)48-38(35)45-37(46-48)33(17-11-3)18-12-4/h21-24,30-31,33H,9-20,26-27H2,1-8H3. The van der Waals surface area contributed by atoms with Crippen molar-refractivity contribution in [3.05, 3.63) is 52.6 Å². The Balaban J connectivity index is 1.91. The Morgan fingerprint density at radius 3 is 1.98 bits per heavy atom. The van der Waals surface area contributed by atoms with E-state index in [9.17, 15) is 10.1 Å². The maximum atomic E-state index is 13.5. The molecule has 2 atom stereocenters. The number of hydrogen-bond donors (Lipinski definition) is 0. The van der Waals surface area contributed by atoms with Crippen molar-refractivity contribution in [2.75, 3.05) is 18.0 Å². The minimum atomic E-state index is -0.435. The number of nitriles is 1. The minimum Gasteiger partial charge on any atom is -0.347 e. The third-order valence-electron chi connectivity index (χ3n) is 10.2. The highest BCUT2D eigenvalue weighted by Gasteiger charge is 2.34. The highest BCUT2D eigenvalue weighted by Crippen LogP contribution is 2.42. The normalized spacial score (nSPS) is 15.1. The van der Waals surface area contributed by atoms with Crippen LogP contribution in [-0.2, 0) is 0 Å². The fraction of sp³-hybridized carbons (Fsp3) is 0.610. The molecule has 0 spiro atoms. The summed E-state index contributed by atoms with van der Waals surface area (Å²) < 4.78 is 1.32. The molecular formula is C41H59N7OS. The number of carbonyl (C=O) groups excluding carboxylic acids is 1. The maximum Gasteiger partial charge on any atom is 0.291 e. The first kappa shape index (κ1) is 39.2. The highest BCUT2D eigenvalue weighted by molar-refractivity contribution is 7.19. The van der Waals surface area contributed by atoms with Gasteiger partial charge < -0.3 is 4.90 Å². The van der Waals surface area contributed by atoms with Crippen molar-refractivity contribution in [3.8, 4) is 17.3 Å². The molecule has 0 aliphatic carbocycles. The van der Waals surface area contributed by atoms with Crippen molar-refractivity contribution in [1.29, 1.82) is 5.26 Å². The molecule has 0 bridgehead atoms. The molecule has 1 aromatic carbocycles. The van der Waals surface area contributed by atoms with Crippen molar-refractivity contribution in [2.45, 2.75) is 138 Å². The average molecular weight is 698 g/mol. The molecule has 0 saturated carbocycles. The number of rotatable bonds is 20. The van der Waals surface area contributed by atoms with Crippen LogP contribution < -0.4 is 4.90 Å². The zero-order chi connectivity index (χ0) is 36.2. The summed E-state index contributed by atoms with van der Waals surface area (Å²) in [5, 5.41) is 16.6. The van der Waals surface area contributed by atoms with Gasteiger partial charge in [-0.3, -0.25) is 4.79 Å². The number of aromatic nitrogens is 4. The number of carbonyl (C=O) groups is 1. The maximum absolute atomic E-state index is 13.5. The molecule has 270 valence electrons. The summed E-state index contributed by atoms with van der Waals surface area (Å²) in [5.74, 6) is 1.95. The smallest absolute Gasteiger partial charge is 0.291 e. The van der Waals surface area contributed by atoms with Crippen molar-refractivity contribution >= 4 is 33.1 Å². The molecule has 50 heavy (non-hydrogen) atoms. The van der Waals surface area contributed by atoms with E-state index in [0.717, 1.165) is 73.0 Å². The van der Waals surface area contributed by atoms with Crippen LogP contribution in [0.5, 0.6) is 0 Å². The number of unbranched alkanes of at least 4 members (excludes halogenated alkanes) is 2. The van der Waals surface area contributed by atoms with E-state index in [1.165, 1.54) is 48.8 Å². The Bertz CT molecular complexity index is 1630. The van der Waals surface area contributed by atoms with Gasteiger partial charge in [-0.05, 0) is 51.4 Å². The number of aliphatic imine (C=N–C) groups is 1. The quantitative estimate of drug-likeness (QED) is 0.116. The second-order valence-electron chi connectivity index (χ2n) is 14.1. The molecule has 9 heteroatoms. The van der Waals surface area contributed by atoms with E-state index in [2.05, 4.69) is 83.7 Å². The Labute approximate surface area is 305 Å². The van der Waals surface area contributed by atoms with Gasteiger partial charge in [-0.15, -0.1) is 5.10 Å². The highest BCUT2D eigenvalue weighted by atomic mass is 32.1. The van der Waals surface area contributed by atoms with Gasteiger partial charge >= 0.3 is 0 Å². The van der Waals surface area contributed by atoms with E-state index in [1.807, 2.05) is 6.92 Å². The van der Waals surface area contributed by atoms with Gasteiger partial charge in [-0.25, -0.2) is 15.0 Å². The SMILES string of the molecule is CCCCC(CC)CN(CC(CC)CCCC)c1nc(-c2ccc(C)cc2)c(N=C2C(C)=C(C#N)C(=O)n3nc(C(CCC)CCC)nc32)s1. The molecular weight excluding hydrogens is 639 g/mol. The Morgan fingerprint density at radius 1 is 0.860 bits per heavy atom. The summed E-state index contributed by atoms with van der Waals surface area (Å²) in [6, 6.07) is 10.6. The van der Waals surface area contributed by atoms with Gasteiger partial charge in [0.2, 0.25) is 0 Å². The van der Waals surface area contributed by atoms with Crippen LogP contribution in [0.1, 0.15) is 153 Å². The number of fused-ring (bicyclic) bond motifs is 1. The van der Waals surface area contributed by atoms with Crippen LogP contribution in [0.2, 0.25) is 0 Å². The summed E-state index contributed by atoms with van der Waals surface area (Å²) in [6.45, 7) is 19.3. The zero-order valence-corrected chi connectivity index (χ0v) is 32.7. The van der Waals surface area contributed by atoms with Crippen molar-refractivity contribution < 1.29 is 4.79 Å². The van der Waals surface area contributed by atoms with E-state index in [1.54, 1.807) is 11.3 Å². The van der Waals surface area contributed by atoms with Crippen LogP contribution in [0, 0.1) is 30.1 Å². The monoisotopic (exact) mass is 697 g/mol. The largest absolute Gasteiger partial charge is 0.347 e. The number of nitrogens with zero attached hydrogens (tertiary/aromatic N) is 7. The fourth-order valence-corrected chi connectivity index (χ4v) is 7.90. The predicted octanol–water partition coefficient (Wildman–Crippen LogP) is 11.2. The third kappa shape index (κ3) is 9.37. The second-order valence-corrected chi connectivity index (χ2v) is 15.1. The first-order chi connectivity index (χ1) is 24.2. The van der Waals surface area contributed by atoms with Gasteiger partial charge in [0, 0.05) is 30.1 Å². The van der Waals surface area contributed by atoms with Gasteiger partial charge in [0.1, 0.15) is 28.0 Å².